The van der Waals surface area contributed by atoms with Crippen LogP contribution in [0.4, 0.5) is 15.5 Å². The van der Waals surface area contributed by atoms with Crippen LogP contribution in [-0.2, 0) is 39.0 Å². The topological polar surface area (TPSA) is 290 Å². The predicted octanol–water partition coefficient (Wildman–Crippen LogP) is 9.61. The Morgan fingerprint density at radius 1 is 0.860 bits per heavy atom. The van der Waals surface area contributed by atoms with Crippen LogP contribution in [0.3, 0.4) is 0 Å². The number of amides is 2. The van der Waals surface area contributed by atoms with Crippen LogP contribution in [0.5, 0.6) is 17.2 Å². The summed E-state index contributed by atoms with van der Waals surface area (Å²) in [5.41, 5.74) is 1.60. The Kier molecular flexibility index (Phi) is 21.8. The summed E-state index contributed by atoms with van der Waals surface area (Å²) in [7, 11) is -2.01. The maximum Gasteiger partial charge on any atom is 0.418 e. The lowest BCUT2D eigenvalue weighted by Gasteiger charge is -2.37. The number of hydrogen-bond donors (Lipinski definition) is 4. The summed E-state index contributed by atoms with van der Waals surface area (Å²) in [5, 5.41) is 13.8. The van der Waals surface area contributed by atoms with E-state index in [1.54, 1.807) is 61.3 Å². The van der Waals surface area contributed by atoms with Crippen LogP contribution in [0.25, 0.3) is 22.1 Å². The van der Waals surface area contributed by atoms with E-state index in [-0.39, 0.29) is 65.5 Å². The van der Waals surface area contributed by atoms with Crippen molar-refractivity contribution in [1.29, 1.82) is 5.26 Å². The lowest BCUT2D eigenvalue weighted by atomic mass is 9.80. The Bertz CT molecular complexity index is 3730. The normalized spacial score (nSPS) is 14.6. The summed E-state index contributed by atoms with van der Waals surface area (Å²) >= 11 is 0. The van der Waals surface area contributed by atoms with E-state index in [0.29, 0.717) is 48.3 Å². The van der Waals surface area contributed by atoms with Crippen molar-refractivity contribution >= 4 is 64.5 Å². The van der Waals surface area contributed by atoms with Gasteiger partial charge in [-0.05, 0) is 106 Å². The highest BCUT2D eigenvalue weighted by molar-refractivity contribution is 7.91. The second-order valence-electron chi connectivity index (χ2n) is 20.1. The molecule has 9 rings (SSSR count). The van der Waals surface area contributed by atoms with Gasteiger partial charge in [0.1, 0.15) is 29.9 Å². The predicted molar refractivity (Wildman–Crippen MR) is 321 cm³/mol. The molecule has 2 amide bonds. The van der Waals surface area contributed by atoms with E-state index in [2.05, 4.69) is 25.6 Å². The van der Waals surface area contributed by atoms with Crippen LogP contribution >= 0.6 is 8.53 Å². The highest BCUT2D eigenvalue weighted by atomic mass is 32.2. The molecule has 0 bridgehead atoms. The second-order valence-corrected chi connectivity index (χ2v) is 23.5. The van der Waals surface area contributed by atoms with Gasteiger partial charge in [-0.25, -0.2) is 32.2 Å². The first-order valence-electron chi connectivity index (χ1n) is 27.6. The smallest absolute Gasteiger partial charge is 0.418 e. The van der Waals surface area contributed by atoms with Crippen molar-refractivity contribution in [1.82, 2.24) is 34.1 Å². The maximum absolute atomic E-state index is 13.2. The first kappa shape index (κ1) is 63.5. The van der Waals surface area contributed by atoms with E-state index in [0.717, 1.165) is 21.3 Å². The quantitative estimate of drug-likeness (QED) is 0.0249. The molecule has 1 unspecified atom stereocenters. The number of fused-ring (bicyclic) bond motifs is 2. The van der Waals surface area contributed by atoms with Crippen LogP contribution in [0, 0.1) is 11.3 Å². The van der Waals surface area contributed by atoms with Gasteiger partial charge in [0.2, 0.25) is 11.9 Å². The number of anilines is 1. The molecule has 4 heterocycles. The van der Waals surface area contributed by atoms with Crippen molar-refractivity contribution in [2.75, 3.05) is 51.7 Å². The lowest BCUT2D eigenvalue weighted by Crippen LogP contribution is -2.35. The van der Waals surface area contributed by atoms with Crippen molar-refractivity contribution in [3.05, 3.63) is 173 Å². The minimum atomic E-state index is -3.69. The molecule has 3 aromatic heterocycles. The molecular weight excluding hydrogens is 1150 g/mol. The molecular formula is C61H68N9O14PS. The molecule has 0 saturated carbocycles. The van der Waals surface area contributed by atoms with Crippen molar-refractivity contribution in [2.45, 2.75) is 88.3 Å². The fraction of sp³-hybridized carbons (Fsp3) is 0.328. The van der Waals surface area contributed by atoms with Crippen molar-refractivity contribution in [2.24, 2.45) is 0 Å². The van der Waals surface area contributed by atoms with Gasteiger partial charge < -0.3 is 43.2 Å². The molecule has 0 spiro atoms. The van der Waals surface area contributed by atoms with Gasteiger partial charge in [-0.1, -0.05) is 84.9 Å². The molecule has 8 aromatic rings. The zero-order chi connectivity index (χ0) is 61.4. The Labute approximate surface area is 498 Å². The molecule has 4 N–H and O–H groups in total. The Balaban J connectivity index is 0.000000609. The molecule has 0 radical (unpaired) electrons. The zero-order valence-corrected chi connectivity index (χ0v) is 50.0. The second kappa shape index (κ2) is 29.5. The number of benzene rings is 5. The van der Waals surface area contributed by atoms with Gasteiger partial charge in [0.15, 0.2) is 26.8 Å². The van der Waals surface area contributed by atoms with E-state index in [1.165, 1.54) is 24.7 Å². The van der Waals surface area contributed by atoms with Crippen LogP contribution in [-0.4, -0.2) is 125 Å². The fourth-order valence-electron chi connectivity index (χ4n) is 9.78. The number of imidazole rings is 1. The van der Waals surface area contributed by atoms with Crippen LogP contribution in [0.2, 0.25) is 0 Å². The Hall–Kier alpha value is -8.53. The molecule has 1 aliphatic heterocycles. The van der Waals surface area contributed by atoms with Gasteiger partial charge in [-0.2, -0.15) is 10.2 Å². The number of H-pyrrole nitrogens is 1. The van der Waals surface area contributed by atoms with Gasteiger partial charge >= 0.3 is 12.2 Å². The van der Waals surface area contributed by atoms with Crippen LogP contribution in [0.1, 0.15) is 76.3 Å². The third-order valence-corrected chi connectivity index (χ3v) is 17.2. The fourth-order valence-corrected chi connectivity index (χ4v) is 12.1. The number of ether oxygens (including phenoxy) is 6. The third-order valence-electron chi connectivity index (χ3n) is 13.8. The standard InChI is InChI=1S/C52H49N7O12S.C9H19N2O2P/c1-66-37-21-17-35(18-22-37)52(34-11-5-3-6-12-34,36-19-23-38(67-2)24-20-36)69-32-39-25-26-45(70-39)59-33-54-46-47(59)56-49(57-48(46)61)55-44(60)27-28-53-50(62)71-43-31-58(42-16-10-9-15-41(42)43)51(63)68-29-30-72(64,65)40-13-7-4-8-14-40;1-8(2)11(9(3)4)14(12)13-7-5-6-10/h3-24,31,33,39,45H,25-30,32H2,1-2H3,(H,53,62)(H2,55,56,57,60,61);8-9,12H,5,7H2,1-4H3/t39-,45+;/m0./s1. The average molecular weight is 1210 g/mol. The summed E-state index contributed by atoms with van der Waals surface area (Å²) in [4.78, 5) is 73.5. The Morgan fingerprint density at radius 3 is 2.10 bits per heavy atom. The van der Waals surface area contributed by atoms with E-state index in [9.17, 15) is 32.5 Å². The van der Waals surface area contributed by atoms with Crippen LogP contribution < -0.4 is 30.4 Å². The van der Waals surface area contributed by atoms with Crippen molar-refractivity contribution in [3.8, 4) is 23.3 Å². The largest absolute Gasteiger partial charge is 0.497 e. The number of hydrogen-bond acceptors (Lipinski definition) is 18. The monoisotopic (exact) mass is 1210 g/mol. The first-order valence-corrected chi connectivity index (χ1v) is 30.5. The molecule has 452 valence electrons. The van der Waals surface area contributed by atoms with E-state index < -0.39 is 66.2 Å². The molecule has 1 aliphatic rings. The van der Waals surface area contributed by atoms with Gasteiger partial charge in [-0.15, -0.1) is 0 Å². The van der Waals surface area contributed by atoms with Gasteiger partial charge in [-0.3, -0.25) is 24.5 Å². The highest BCUT2D eigenvalue weighted by Crippen LogP contribution is 2.43. The molecule has 23 nitrogen and oxygen atoms in total. The number of rotatable bonds is 24. The highest BCUT2D eigenvalue weighted by Gasteiger charge is 2.40. The van der Waals surface area contributed by atoms with E-state index in [1.807, 2.05) is 117 Å². The zero-order valence-electron chi connectivity index (χ0n) is 48.3. The third kappa shape index (κ3) is 15.5. The van der Waals surface area contributed by atoms with Gasteiger partial charge in [0.25, 0.3) is 14.1 Å². The minimum Gasteiger partial charge on any atom is -0.497 e. The number of aromatic amines is 1. The van der Waals surface area contributed by atoms with Gasteiger partial charge in [0, 0.05) is 30.4 Å². The number of nitrogens with zero attached hydrogens (tertiary/aromatic N) is 6. The lowest BCUT2D eigenvalue weighted by molar-refractivity contribution is -0.116. The average Bonchev–Trinajstić information content (AvgIpc) is 0.962. The Morgan fingerprint density at radius 2 is 1.48 bits per heavy atom. The maximum atomic E-state index is 13.2. The summed E-state index contributed by atoms with van der Waals surface area (Å²) in [6.07, 6.45) is 1.25. The van der Waals surface area contributed by atoms with Gasteiger partial charge in [0.05, 0.1) is 74.7 Å². The number of nitriles is 1. The number of aromatic nitrogens is 5. The van der Waals surface area contributed by atoms with Crippen molar-refractivity contribution in [3.63, 3.8) is 0 Å². The first-order chi connectivity index (χ1) is 41.5. The molecule has 25 heteroatoms. The summed E-state index contributed by atoms with van der Waals surface area (Å²) in [6.45, 7) is 7.96. The number of nitrogens with one attached hydrogen (secondary N) is 3. The molecule has 0 aliphatic carbocycles. The van der Waals surface area contributed by atoms with E-state index in [4.69, 9.17) is 38.2 Å². The molecule has 86 heavy (non-hydrogen) atoms. The minimum absolute atomic E-state index is 0.0144. The number of para-hydroxylation sites is 1. The molecule has 3 atom stereocenters. The number of carbonyl (C=O) groups is 3. The van der Waals surface area contributed by atoms with Crippen LogP contribution in [0.15, 0.2) is 156 Å². The summed E-state index contributed by atoms with van der Waals surface area (Å²) in [5.74, 6) is 0.268. The van der Waals surface area contributed by atoms with E-state index >= 15 is 0 Å². The molecule has 1 fully saturated rings. The number of methoxy groups -OCH3 is 2. The van der Waals surface area contributed by atoms with Crippen molar-refractivity contribution < 1.29 is 60.6 Å². The molecule has 1 saturated heterocycles. The SMILES string of the molecule is CC(C)N(C(C)C)P(O)OCCC#N.COc1ccc(C(OC[C@@H]2CC[C@H](n3cnc4c(=O)[nH]c(NC(=O)CCNC(=O)Oc5cn(C(=O)OCCS(=O)(=O)c6ccccc6)c6ccccc56)nc43)O2)(c2ccccc2)c2ccc(OC)cc2)cc1. The number of carbonyl (C=O) groups excluding carboxylic acids is 3. The summed E-state index contributed by atoms with van der Waals surface area (Å²) < 4.78 is 70.6. The summed E-state index contributed by atoms with van der Waals surface area (Å²) in [6, 6.07) is 42.3. The number of sulfone groups is 1. The molecule has 5 aromatic carbocycles.